The van der Waals surface area contributed by atoms with Gasteiger partial charge in [0.1, 0.15) is 0 Å². The Kier molecular flexibility index (Phi) is 4.41. The molecule has 5 heteroatoms. The van der Waals surface area contributed by atoms with E-state index in [1.165, 1.54) is 19.4 Å². The molecule has 0 spiro atoms. The number of carbonyl (C=O) groups is 1. The minimum absolute atomic E-state index is 0.137. The first-order valence-electron chi connectivity index (χ1n) is 7.67. The van der Waals surface area contributed by atoms with Gasteiger partial charge >= 0.3 is 0 Å². The van der Waals surface area contributed by atoms with Crippen LogP contribution in [0.3, 0.4) is 0 Å². The van der Waals surface area contributed by atoms with Crippen molar-refractivity contribution in [3.8, 4) is 0 Å². The van der Waals surface area contributed by atoms with Gasteiger partial charge in [0.15, 0.2) is 5.78 Å². The first kappa shape index (κ1) is 14.4. The average molecular weight is 286 g/mol. The largest absolute Gasteiger partial charge is 0.311 e. The molecule has 1 saturated heterocycles. The number of fused-ring (bicyclic) bond motifs is 1. The topological polar surface area (TPSA) is 57.6 Å². The van der Waals surface area contributed by atoms with Gasteiger partial charge in [0.2, 0.25) is 0 Å². The molecule has 21 heavy (non-hydrogen) atoms. The van der Waals surface area contributed by atoms with Crippen LogP contribution in [0.2, 0.25) is 0 Å². The van der Waals surface area contributed by atoms with Crippen molar-refractivity contribution in [2.24, 2.45) is 10.9 Å². The van der Waals surface area contributed by atoms with Gasteiger partial charge in [-0.3, -0.25) is 14.8 Å². The molecule has 0 bridgehead atoms. The van der Waals surface area contributed by atoms with Gasteiger partial charge in [0, 0.05) is 37.5 Å². The van der Waals surface area contributed by atoms with Crippen LogP contribution in [-0.2, 0) is 6.54 Å². The van der Waals surface area contributed by atoms with Crippen molar-refractivity contribution < 1.29 is 4.79 Å². The number of carbonyl (C=O) groups excluding carboxylic acids is 1. The lowest BCUT2D eigenvalue weighted by atomic mass is 9.98. The summed E-state index contributed by atoms with van der Waals surface area (Å²) in [6.07, 6.45) is 6.36. The van der Waals surface area contributed by atoms with E-state index < -0.39 is 0 Å². The van der Waals surface area contributed by atoms with Gasteiger partial charge in [0.25, 0.3) is 0 Å². The number of aliphatic imine (C=N–C) groups is 1. The Balaban J connectivity index is 1.60. The molecule has 1 N–H and O–H groups in total. The van der Waals surface area contributed by atoms with E-state index in [2.05, 4.69) is 27.2 Å². The van der Waals surface area contributed by atoms with Crippen LogP contribution in [0.4, 0.5) is 5.69 Å². The molecule has 1 aromatic heterocycles. The second kappa shape index (κ2) is 6.45. The molecule has 112 valence electrons. The zero-order valence-corrected chi connectivity index (χ0v) is 12.5. The summed E-state index contributed by atoms with van der Waals surface area (Å²) in [4.78, 5) is 23.0. The van der Waals surface area contributed by atoms with E-state index in [1.54, 1.807) is 18.5 Å². The monoisotopic (exact) mass is 286 g/mol. The lowest BCUT2D eigenvalue weighted by molar-refractivity contribution is 0.100. The first-order chi connectivity index (χ1) is 10.2. The van der Waals surface area contributed by atoms with Gasteiger partial charge in [-0.1, -0.05) is 0 Å². The van der Waals surface area contributed by atoms with E-state index in [-0.39, 0.29) is 5.78 Å². The Bertz CT molecular complexity index is 555. The highest BCUT2D eigenvalue weighted by Crippen LogP contribution is 2.26. The molecular formula is C16H22N4O. The minimum atomic E-state index is 0.137. The van der Waals surface area contributed by atoms with Crippen LogP contribution in [0.15, 0.2) is 17.3 Å². The van der Waals surface area contributed by atoms with E-state index in [1.807, 2.05) is 0 Å². The molecule has 1 fully saturated rings. The summed E-state index contributed by atoms with van der Waals surface area (Å²) in [5.74, 6) is 0.839. The third-order valence-electron chi connectivity index (χ3n) is 4.25. The average Bonchev–Trinajstić information content (AvgIpc) is 2.48. The van der Waals surface area contributed by atoms with Crippen molar-refractivity contribution in [2.45, 2.75) is 25.8 Å². The van der Waals surface area contributed by atoms with Crippen LogP contribution in [0.1, 0.15) is 35.3 Å². The number of aromatic nitrogens is 1. The number of ketones is 1. The number of hydrogen-bond acceptors (Lipinski definition) is 5. The van der Waals surface area contributed by atoms with Crippen LogP contribution >= 0.6 is 0 Å². The first-order valence-corrected chi connectivity index (χ1v) is 7.67. The van der Waals surface area contributed by atoms with Gasteiger partial charge in [-0.05, 0) is 45.0 Å². The summed E-state index contributed by atoms with van der Waals surface area (Å²) in [6.45, 7) is 4.03. The molecule has 0 saturated carbocycles. The van der Waals surface area contributed by atoms with E-state index in [0.717, 1.165) is 24.5 Å². The molecule has 2 aliphatic heterocycles. The second-order valence-corrected chi connectivity index (χ2v) is 5.99. The molecule has 3 rings (SSSR count). The maximum atomic E-state index is 11.9. The van der Waals surface area contributed by atoms with Crippen molar-refractivity contribution in [2.75, 3.05) is 26.7 Å². The molecule has 3 heterocycles. The van der Waals surface area contributed by atoms with Crippen molar-refractivity contribution in [1.29, 1.82) is 0 Å². The summed E-state index contributed by atoms with van der Waals surface area (Å²) in [6, 6.07) is 1.77. The number of nitrogens with zero attached hydrogens (tertiary/aromatic N) is 3. The van der Waals surface area contributed by atoms with Gasteiger partial charge < -0.3 is 10.2 Å². The van der Waals surface area contributed by atoms with E-state index in [0.29, 0.717) is 24.4 Å². The summed E-state index contributed by atoms with van der Waals surface area (Å²) < 4.78 is 0. The Morgan fingerprint density at radius 1 is 1.48 bits per heavy atom. The van der Waals surface area contributed by atoms with Crippen molar-refractivity contribution in [3.63, 3.8) is 0 Å². The zero-order chi connectivity index (χ0) is 14.7. The normalized spacial score (nSPS) is 22.3. The SMILES string of the molecule is CN1CCCC(CNCc2nccc3c2N=CCC3=O)C1. The predicted octanol–water partition coefficient (Wildman–Crippen LogP) is 1.80. The lowest BCUT2D eigenvalue weighted by Crippen LogP contribution is -2.37. The van der Waals surface area contributed by atoms with Crippen LogP contribution < -0.4 is 5.32 Å². The smallest absolute Gasteiger partial charge is 0.170 e. The van der Waals surface area contributed by atoms with Crippen molar-refractivity contribution in [1.82, 2.24) is 15.2 Å². The lowest BCUT2D eigenvalue weighted by Gasteiger charge is -2.29. The van der Waals surface area contributed by atoms with Crippen LogP contribution in [0, 0.1) is 5.92 Å². The van der Waals surface area contributed by atoms with Gasteiger partial charge in [0.05, 0.1) is 11.4 Å². The highest BCUT2D eigenvalue weighted by molar-refractivity contribution is 6.10. The number of hydrogen-bond donors (Lipinski definition) is 1. The highest BCUT2D eigenvalue weighted by Gasteiger charge is 2.19. The van der Waals surface area contributed by atoms with Crippen molar-refractivity contribution >= 4 is 17.7 Å². The Morgan fingerprint density at radius 2 is 2.38 bits per heavy atom. The van der Waals surface area contributed by atoms with E-state index in [9.17, 15) is 4.79 Å². The maximum absolute atomic E-state index is 11.9. The number of nitrogens with one attached hydrogen (secondary N) is 1. The summed E-state index contributed by atoms with van der Waals surface area (Å²) in [5, 5.41) is 3.48. The highest BCUT2D eigenvalue weighted by atomic mass is 16.1. The molecule has 0 radical (unpaired) electrons. The van der Waals surface area contributed by atoms with Gasteiger partial charge in [-0.25, -0.2) is 0 Å². The van der Waals surface area contributed by atoms with Gasteiger partial charge in [-0.15, -0.1) is 0 Å². The minimum Gasteiger partial charge on any atom is -0.311 e. The molecular weight excluding hydrogens is 264 g/mol. The summed E-state index contributed by atoms with van der Waals surface area (Å²) in [7, 11) is 2.18. The summed E-state index contributed by atoms with van der Waals surface area (Å²) in [5.41, 5.74) is 2.34. The van der Waals surface area contributed by atoms with Crippen LogP contribution in [0.5, 0.6) is 0 Å². The molecule has 0 aliphatic carbocycles. The molecule has 5 nitrogen and oxygen atoms in total. The zero-order valence-electron chi connectivity index (χ0n) is 12.5. The Hall–Kier alpha value is -1.59. The predicted molar refractivity (Wildman–Crippen MR) is 83.3 cm³/mol. The van der Waals surface area contributed by atoms with E-state index >= 15 is 0 Å². The number of pyridine rings is 1. The second-order valence-electron chi connectivity index (χ2n) is 5.99. The Labute approximate surface area is 125 Å². The van der Waals surface area contributed by atoms with Gasteiger partial charge in [-0.2, -0.15) is 0 Å². The fourth-order valence-corrected chi connectivity index (χ4v) is 3.16. The Morgan fingerprint density at radius 3 is 3.24 bits per heavy atom. The van der Waals surface area contributed by atoms with Crippen LogP contribution in [-0.4, -0.2) is 48.6 Å². The molecule has 0 aromatic carbocycles. The molecule has 1 atom stereocenters. The fraction of sp³-hybridized carbons (Fsp3) is 0.562. The number of rotatable bonds is 4. The fourth-order valence-electron chi connectivity index (χ4n) is 3.16. The van der Waals surface area contributed by atoms with Crippen LogP contribution in [0.25, 0.3) is 0 Å². The summed E-state index contributed by atoms with van der Waals surface area (Å²) >= 11 is 0. The number of likely N-dealkylation sites (tertiary alicyclic amines) is 1. The number of piperidine rings is 1. The quantitative estimate of drug-likeness (QED) is 0.917. The standard InChI is InChI=1S/C16H22N4O/c1-20-8-2-3-12(11-20)9-17-10-14-16-13(4-6-18-14)15(21)5-7-19-16/h4,6-7,12,17H,2-3,5,8-11H2,1H3. The molecule has 1 aromatic rings. The number of Topliss-reactive ketones (excluding diaryl/α,β-unsaturated/α-hetero) is 1. The third kappa shape index (κ3) is 3.36. The third-order valence-corrected chi connectivity index (χ3v) is 4.25. The molecule has 2 aliphatic rings. The van der Waals surface area contributed by atoms with E-state index in [4.69, 9.17) is 0 Å². The maximum Gasteiger partial charge on any atom is 0.170 e. The molecule has 1 unspecified atom stereocenters. The van der Waals surface area contributed by atoms with Crippen molar-refractivity contribution in [3.05, 3.63) is 23.5 Å². The molecule has 0 amide bonds.